The Labute approximate surface area is 195 Å². The van der Waals surface area contributed by atoms with Crippen LogP contribution in [0, 0.1) is 0 Å². The maximum Gasteiger partial charge on any atom is 0.339 e. The molecule has 178 valence electrons. The first-order valence-electron chi connectivity index (χ1n) is 9.62. The third kappa shape index (κ3) is 5.72. The molecule has 0 saturated carbocycles. The Morgan fingerprint density at radius 3 is 1.91 bits per heavy atom. The topological polar surface area (TPSA) is 197 Å². The van der Waals surface area contributed by atoms with Crippen LogP contribution < -0.4 is 42.1 Å². The summed E-state index contributed by atoms with van der Waals surface area (Å²) in [6.07, 6.45) is 0. The fraction of sp³-hybridized carbons (Fsp3) is 0.0476. The number of carbonyl (C=O) groups excluding carboxylic acids is 2. The van der Waals surface area contributed by atoms with E-state index in [2.05, 4.69) is 0 Å². The van der Waals surface area contributed by atoms with Crippen molar-refractivity contribution < 1.29 is 26.9 Å². The highest BCUT2D eigenvalue weighted by atomic mass is 32.2. The normalized spacial score (nSPS) is 10.9. The second-order valence-corrected chi connectivity index (χ2v) is 8.40. The van der Waals surface area contributed by atoms with Gasteiger partial charge in [0.15, 0.2) is 0 Å². The molecule has 34 heavy (non-hydrogen) atoms. The molecule has 0 spiro atoms. The summed E-state index contributed by atoms with van der Waals surface area (Å²) in [5.41, 5.74) is 10.9. The van der Waals surface area contributed by atoms with Gasteiger partial charge in [0.25, 0.3) is 0 Å². The largest absolute Gasteiger partial charge is 0.489 e. The van der Waals surface area contributed by atoms with Crippen molar-refractivity contribution in [3.63, 3.8) is 0 Å². The second-order valence-electron chi connectivity index (χ2n) is 6.85. The number of rotatable bonds is 8. The van der Waals surface area contributed by atoms with Crippen LogP contribution in [0.2, 0.25) is 0 Å². The Hall–Kier alpha value is -4.33. The Balaban J connectivity index is 1.80. The molecule has 3 aromatic rings. The summed E-state index contributed by atoms with van der Waals surface area (Å²) in [4.78, 5) is 22.8. The molecule has 13 heteroatoms. The van der Waals surface area contributed by atoms with E-state index in [1.807, 2.05) is 30.3 Å². The molecule has 0 fully saturated rings. The van der Waals surface area contributed by atoms with Gasteiger partial charge < -0.3 is 20.4 Å². The number of carbonyl (C=O) groups is 2. The van der Waals surface area contributed by atoms with Gasteiger partial charge in [0.1, 0.15) is 23.0 Å². The smallest absolute Gasteiger partial charge is 0.339 e. The van der Waals surface area contributed by atoms with Crippen LogP contribution in [0.3, 0.4) is 0 Å². The molecule has 0 aliphatic carbocycles. The van der Waals surface area contributed by atoms with Crippen LogP contribution in [-0.2, 0) is 16.7 Å². The molecule has 0 aromatic heterocycles. The number of amides is 4. The number of nitrogens with two attached hydrogens (primary N) is 4. The summed E-state index contributed by atoms with van der Waals surface area (Å²) in [5.74, 6) is 11.4. The lowest BCUT2D eigenvalue weighted by Crippen LogP contribution is -2.46. The van der Waals surface area contributed by atoms with Crippen LogP contribution in [0.1, 0.15) is 5.56 Å². The lowest BCUT2D eigenvalue weighted by molar-refractivity contribution is 0.252. The molecule has 0 saturated heterocycles. The fourth-order valence-corrected chi connectivity index (χ4v) is 3.73. The van der Waals surface area contributed by atoms with E-state index in [1.165, 1.54) is 36.4 Å². The van der Waals surface area contributed by atoms with Crippen molar-refractivity contribution in [2.75, 3.05) is 10.0 Å². The minimum Gasteiger partial charge on any atom is -0.489 e. The van der Waals surface area contributed by atoms with Crippen LogP contribution in [0.15, 0.2) is 77.7 Å². The number of primary amides is 2. The van der Waals surface area contributed by atoms with Gasteiger partial charge in [0.05, 0.1) is 11.4 Å². The number of hydrazine groups is 2. The summed E-state index contributed by atoms with van der Waals surface area (Å²) >= 11 is 0. The average molecular weight is 487 g/mol. The summed E-state index contributed by atoms with van der Waals surface area (Å²) in [6, 6.07) is 16.4. The van der Waals surface area contributed by atoms with Gasteiger partial charge in [-0.1, -0.05) is 30.3 Å². The molecular weight excluding hydrogens is 464 g/mol. The number of hydrogen-bond donors (Lipinski definition) is 4. The molecule has 3 aromatic carbocycles. The maximum atomic E-state index is 12.7. The SMILES string of the molecule is NC(=O)N(N)c1ccc(OS(=O)(=O)c2ccc(OCc3ccccc3)cc2)cc1N(N)C(N)=O. The third-order valence-corrected chi connectivity index (χ3v) is 5.77. The Kier molecular flexibility index (Phi) is 7.21. The van der Waals surface area contributed by atoms with Crippen LogP contribution in [0.25, 0.3) is 0 Å². The van der Waals surface area contributed by atoms with Crippen LogP contribution in [0.5, 0.6) is 11.5 Å². The van der Waals surface area contributed by atoms with E-state index in [9.17, 15) is 18.0 Å². The summed E-state index contributed by atoms with van der Waals surface area (Å²) < 4.78 is 36.2. The number of anilines is 2. The summed E-state index contributed by atoms with van der Waals surface area (Å²) in [7, 11) is -4.28. The molecular formula is C21H22N6O6S. The fourth-order valence-electron chi connectivity index (χ4n) is 2.81. The Morgan fingerprint density at radius 1 is 0.765 bits per heavy atom. The molecule has 0 radical (unpaired) electrons. The quantitative estimate of drug-likeness (QED) is 0.159. The molecule has 0 aliphatic heterocycles. The molecule has 12 nitrogen and oxygen atoms in total. The van der Waals surface area contributed by atoms with Crippen molar-refractivity contribution in [1.82, 2.24) is 0 Å². The third-order valence-electron chi connectivity index (χ3n) is 4.51. The molecule has 4 amide bonds. The average Bonchev–Trinajstić information content (AvgIpc) is 2.82. The number of hydrogen-bond acceptors (Lipinski definition) is 8. The standard InChI is InChI=1S/C21H22N6O6S/c22-20(28)26(24)18-11-8-16(12-19(18)27(25)21(23)29)33-34(30,31)17-9-6-15(7-10-17)32-13-14-4-2-1-3-5-14/h1-12H,13,24-25H2,(H2,22,28)(H2,23,29). The minimum atomic E-state index is -4.28. The van der Waals surface area contributed by atoms with Crippen molar-refractivity contribution in [2.45, 2.75) is 11.5 Å². The number of benzene rings is 3. The van der Waals surface area contributed by atoms with E-state index in [0.717, 1.165) is 11.6 Å². The molecule has 0 atom stereocenters. The first-order chi connectivity index (χ1) is 16.1. The van der Waals surface area contributed by atoms with E-state index in [1.54, 1.807) is 0 Å². The van der Waals surface area contributed by atoms with Crippen molar-refractivity contribution in [1.29, 1.82) is 0 Å². The molecule has 8 N–H and O–H groups in total. The zero-order valence-electron chi connectivity index (χ0n) is 17.7. The zero-order valence-corrected chi connectivity index (χ0v) is 18.5. The van der Waals surface area contributed by atoms with Gasteiger partial charge in [-0.2, -0.15) is 8.42 Å². The van der Waals surface area contributed by atoms with E-state index >= 15 is 0 Å². The predicted octanol–water partition coefficient (Wildman–Crippen LogP) is 1.55. The first-order valence-corrected chi connectivity index (χ1v) is 11.0. The van der Waals surface area contributed by atoms with Crippen LogP contribution in [-0.4, -0.2) is 20.5 Å². The van der Waals surface area contributed by atoms with Crippen molar-refractivity contribution in [3.8, 4) is 11.5 Å². The molecule has 0 bridgehead atoms. The summed E-state index contributed by atoms with van der Waals surface area (Å²) in [6.45, 7) is 0.317. The van der Waals surface area contributed by atoms with E-state index < -0.39 is 22.2 Å². The predicted molar refractivity (Wildman–Crippen MR) is 124 cm³/mol. The first kappa shape index (κ1) is 24.3. The van der Waals surface area contributed by atoms with Gasteiger partial charge in [-0.15, -0.1) is 0 Å². The van der Waals surface area contributed by atoms with Crippen molar-refractivity contribution >= 4 is 33.6 Å². The van der Waals surface area contributed by atoms with Gasteiger partial charge in [-0.25, -0.2) is 31.3 Å². The highest BCUT2D eigenvalue weighted by Crippen LogP contribution is 2.32. The lowest BCUT2D eigenvalue weighted by Gasteiger charge is -2.23. The van der Waals surface area contributed by atoms with Crippen molar-refractivity contribution in [3.05, 3.63) is 78.4 Å². The molecule has 0 unspecified atom stereocenters. The second kappa shape index (κ2) is 10.1. The van der Waals surface area contributed by atoms with E-state index in [-0.39, 0.29) is 22.0 Å². The Morgan fingerprint density at radius 2 is 1.32 bits per heavy atom. The monoisotopic (exact) mass is 486 g/mol. The minimum absolute atomic E-state index is 0.113. The highest BCUT2D eigenvalue weighted by Gasteiger charge is 2.22. The van der Waals surface area contributed by atoms with Gasteiger partial charge in [0, 0.05) is 6.07 Å². The number of urea groups is 2. The zero-order chi connectivity index (χ0) is 24.9. The van der Waals surface area contributed by atoms with Crippen LogP contribution >= 0.6 is 0 Å². The van der Waals surface area contributed by atoms with Gasteiger partial charge in [-0.3, -0.25) is 0 Å². The van der Waals surface area contributed by atoms with Gasteiger partial charge >= 0.3 is 22.2 Å². The maximum absolute atomic E-state index is 12.7. The van der Waals surface area contributed by atoms with E-state index in [4.69, 9.17) is 32.1 Å². The van der Waals surface area contributed by atoms with Gasteiger partial charge in [-0.05, 0) is 42.0 Å². The highest BCUT2D eigenvalue weighted by molar-refractivity contribution is 7.87. The number of nitrogens with zero attached hydrogens (tertiary/aromatic N) is 2. The molecule has 3 rings (SSSR count). The van der Waals surface area contributed by atoms with E-state index in [0.29, 0.717) is 22.4 Å². The number of ether oxygens (including phenoxy) is 1. The Bertz CT molecular complexity index is 1280. The summed E-state index contributed by atoms with van der Waals surface area (Å²) in [5, 5.41) is 0.959. The van der Waals surface area contributed by atoms with Crippen molar-refractivity contribution in [2.24, 2.45) is 23.2 Å². The van der Waals surface area contributed by atoms with Crippen LogP contribution in [0.4, 0.5) is 21.0 Å². The lowest BCUT2D eigenvalue weighted by atomic mass is 10.2. The molecule has 0 aliphatic rings. The molecule has 0 heterocycles. The van der Waals surface area contributed by atoms with Gasteiger partial charge in [0.2, 0.25) is 0 Å².